The molecule has 4 N–H and O–H groups in total. The van der Waals surface area contributed by atoms with Gasteiger partial charge in [0.15, 0.2) is 0 Å². The summed E-state index contributed by atoms with van der Waals surface area (Å²) in [6.07, 6.45) is 0. The van der Waals surface area contributed by atoms with Crippen molar-refractivity contribution < 1.29 is 27.8 Å². The molecule has 2 aromatic rings. The fourth-order valence-corrected chi connectivity index (χ4v) is 2.27. The molecular formula is C16H15F2IN2O4. The van der Waals surface area contributed by atoms with Gasteiger partial charge in [-0.05, 0) is 52.9 Å². The summed E-state index contributed by atoms with van der Waals surface area (Å²) >= 11 is 1.85. The van der Waals surface area contributed by atoms with E-state index in [-0.39, 0.29) is 22.5 Å². The zero-order chi connectivity index (χ0) is 19.1. The van der Waals surface area contributed by atoms with Crippen LogP contribution in [0.2, 0.25) is 0 Å². The second kappa shape index (κ2) is 9.16. The quantitative estimate of drug-likeness (QED) is 0.403. The van der Waals surface area contributed by atoms with Crippen molar-refractivity contribution in [3.63, 3.8) is 0 Å². The third-order valence-electron chi connectivity index (χ3n) is 2.92. The maximum Gasteiger partial charge on any atom is 0.340 e. The average molecular weight is 464 g/mol. The summed E-state index contributed by atoms with van der Waals surface area (Å²) in [7, 11) is 2.44. The van der Waals surface area contributed by atoms with Crippen LogP contribution in [0.25, 0.3) is 0 Å². The van der Waals surface area contributed by atoms with E-state index in [0.717, 1.165) is 12.1 Å². The molecule has 0 aliphatic heterocycles. The summed E-state index contributed by atoms with van der Waals surface area (Å²) in [5.41, 5.74) is 11.5. The van der Waals surface area contributed by atoms with E-state index < -0.39 is 23.6 Å². The molecular weight excluding hydrogens is 449 g/mol. The normalized spacial score (nSPS) is 9.64. The van der Waals surface area contributed by atoms with Gasteiger partial charge in [0.2, 0.25) is 0 Å². The Morgan fingerprint density at radius 1 is 0.920 bits per heavy atom. The second-order valence-corrected chi connectivity index (χ2v) is 5.73. The van der Waals surface area contributed by atoms with E-state index in [0.29, 0.717) is 3.57 Å². The van der Waals surface area contributed by atoms with Crippen LogP contribution in [0.3, 0.4) is 0 Å². The minimum Gasteiger partial charge on any atom is -0.465 e. The summed E-state index contributed by atoms with van der Waals surface area (Å²) < 4.78 is 34.7. The molecule has 0 aliphatic rings. The molecule has 0 saturated heterocycles. The van der Waals surface area contributed by atoms with E-state index in [9.17, 15) is 18.4 Å². The number of ether oxygens (including phenoxy) is 2. The molecule has 0 amide bonds. The highest BCUT2D eigenvalue weighted by Gasteiger charge is 2.13. The fourth-order valence-electron chi connectivity index (χ4n) is 1.68. The topological polar surface area (TPSA) is 105 Å². The van der Waals surface area contributed by atoms with Crippen LogP contribution < -0.4 is 11.5 Å². The third kappa shape index (κ3) is 5.55. The van der Waals surface area contributed by atoms with Crippen molar-refractivity contribution in [2.45, 2.75) is 0 Å². The largest absolute Gasteiger partial charge is 0.465 e. The van der Waals surface area contributed by atoms with Crippen LogP contribution >= 0.6 is 22.6 Å². The highest BCUT2D eigenvalue weighted by molar-refractivity contribution is 14.1. The molecule has 0 unspecified atom stereocenters. The minimum atomic E-state index is -0.632. The maximum atomic E-state index is 12.8. The number of esters is 2. The molecule has 25 heavy (non-hydrogen) atoms. The van der Waals surface area contributed by atoms with Crippen LogP contribution in [0, 0.1) is 15.2 Å². The molecule has 134 valence electrons. The summed E-state index contributed by atoms with van der Waals surface area (Å²) in [5, 5.41) is 0. The van der Waals surface area contributed by atoms with Crippen LogP contribution in [0.5, 0.6) is 0 Å². The van der Waals surface area contributed by atoms with Gasteiger partial charge in [0.05, 0.1) is 31.0 Å². The Morgan fingerprint density at radius 2 is 1.44 bits per heavy atom. The maximum absolute atomic E-state index is 12.8. The zero-order valence-corrected chi connectivity index (χ0v) is 15.5. The zero-order valence-electron chi connectivity index (χ0n) is 13.3. The lowest BCUT2D eigenvalue weighted by atomic mass is 10.2. The Morgan fingerprint density at radius 3 is 2.00 bits per heavy atom. The molecule has 2 aromatic carbocycles. The lowest BCUT2D eigenvalue weighted by Gasteiger charge is -2.05. The van der Waals surface area contributed by atoms with Gasteiger partial charge in [-0.25, -0.2) is 18.4 Å². The van der Waals surface area contributed by atoms with Gasteiger partial charge >= 0.3 is 11.9 Å². The SMILES string of the molecule is COC(=O)c1cc(F)cc(I)c1N.COC(=O)c1cc(F)ccc1N. The second-order valence-electron chi connectivity index (χ2n) is 4.56. The highest BCUT2D eigenvalue weighted by atomic mass is 127. The first-order valence-corrected chi connectivity index (χ1v) is 7.75. The monoisotopic (exact) mass is 464 g/mol. The third-order valence-corrected chi connectivity index (χ3v) is 3.81. The Bertz CT molecular complexity index is 800. The van der Waals surface area contributed by atoms with E-state index in [1.54, 1.807) is 0 Å². The number of hydrogen-bond donors (Lipinski definition) is 2. The lowest BCUT2D eigenvalue weighted by Crippen LogP contribution is -2.07. The molecule has 0 fully saturated rings. The number of halogens is 3. The van der Waals surface area contributed by atoms with Crippen molar-refractivity contribution in [1.82, 2.24) is 0 Å². The van der Waals surface area contributed by atoms with Crippen LogP contribution in [0.15, 0.2) is 30.3 Å². The van der Waals surface area contributed by atoms with E-state index >= 15 is 0 Å². The number of anilines is 2. The average Bonchev–Trinajstić information content (AvgIpc) is 2.59. The van der Waals surface area contributed by atoms with Gasteiger partial charge < -0.3 is 20.9 Å². The summed E-state index contributed by atoms with van der Waals surface area (Å²) in [5.74, 6) is -2.27. The van der Waals surface area contributed by atoms with Gasteiger partial charge in [0, 0.05) is 9.26 Å². The lowest BCUT2D eigenvalue weighted by molar-refractivity contribution is 0.0592. The molecule has 0 aromatic heterocycles. The predicted octanol–water partition coefficient (Wildman–Crippen LogP) is 2.99. The van der Waals surface area contributed by atoms with Gasteiger partial charge in [0.25, 0.3) is 0 Å². The minimum absolute atomic E-state index is 0.0532. The van der Waals surface area contributed by atoms with Gasteiger partial charge in [-0.3, -0.25) is 0 Å². The molecule has 0 radical (unpaired) electrons. The van der Waals surface area contributed by atoms with Gasteiger partial charge in [-0.15, -0.1) is 0 Å². The van der Waals surface area contributed by atoms with Crippen molar-refractivity contribution in [3.05, 3.63) is 56.7 Å². The first-order chi connectivity index (χ1) is 11.7. The van der Waals surface area contributed by atoms with E-state index in [1.807, 2.05) is 22.6 Å². The Kier molecular flexibility index (Phi) is 7.55. The number of methoxy groups -OCH3 is 2. The highest BCUT2D eigenvalue weighted by Crippen LogP contribution is 2.21. The van der Waals surface area contributed by atoms with E-state index in [4.69, 9.17) is 11.5 Å². The number of carbonyl (C=O) groups is 2. The van der Waals surface area contributed by atoms with Crippen LogP contribution in [0.4, 0.5) is 20.2 Å². The number of rotatable bonds is 2. The van der Waals surface area contributed by atoms with Crippen LogP contribution in [-0.2, 0) is 9.47 Å². The molecule has 0 heterocycles. The number of nitrogens with two attached hydrogens (primary N) is 2. The van der Waals surface area contributed by atoms with Crippen molar-refractivity contribution in [1.29, 1.82) is 0 Å². The number of carbonyl (C=O) groups excluding carboxylic acids is 2. The predicted molar refractivity (Wildman–Crippen MR) is 97.0 cm³/mol. The number of hydrogen-bond acceptors (Lipinski definition) is 6. The molecule has 0 atom stereocenters. The number of benzene rings is 2. The number of nitrogen functional groups attached to an aromatic ring is 2. The summed E-state index contributed by atoms with van der Waals surface area (Å²) in [6, 6.07) is 5.86. The van der Waals surface area contributed by atoms with Crippen molar-refractivity contribution >= 4 is 45.9 Å². The van der Waals surface area contributed by atoms with Gasteiger partial charge in [-0.1, -0.05) is 0 Å². The van der Waals surface area contributed by atoms with Crippen LogP contribution in [-0.4, -0.2) is 26.2 Å². The standard InChI is InChI=1S/C8H7FINO2.C8H8FNO2/c1-13-8(12)5-2-4(9)3-6(10)7(5)11;1-12-8(11)6-4-5(9)2-3-7(6)10/h2-3H,11H2,1H3;2-4H,10H2,1H3. The summed E-state index contributed by atoms with van der Waals surface area (Å²) in [4.78, 5) is 22.0. The van der Waals surface area contributed by atoms with E-state index in [1.165, 1.54) is 32.4 Å². The molecule has 0 saturated carbocycles. The first kappa shape index (κ1) is 20.6. The Hall–Kier alpha value is -2.43. The summed E-state index contributed by atoms with van der Waals surface area (Å²) in [6.45, 7) is 0. The van der Waals surface area contributed by atoms with E-state index in [2.05, 4.69) is 9.47 Å². The Balaban J connectivity index is 0.000000251. The molecule has 6 nitrogen and oxygen atoms in total. The molecule has 2 rings (SSSR count). The molecule has 9 heteroatoms. The van der Waals surface area contributed by atoms with Gasteiger partial charge in [0.1, 0.15) is 11.6 Å². The fraction of sp³-hybridized carbons (Fsp3) is 0.125. The van der Waals surface area contributed by atoms with Gasteiger partial charge in [-0.2, -0.15) is 0 Å². The Labute approximate surface area is 156 Å². The smallest absolute Gasteiger partial charge is 0.340 e. The van der Waals surface area contributed by atoms with Crippen molar-refractivity contribution in [2.24, 2.45) is 0 Å². The van der Waals surface area contributed by atoms with Crippen LogP contribution in [0.1, 0.15) is 20.7 Å². The van der Waals surface area contributed by atoms with Crippen molar-refractivity contribution in [2.75, 3.05) is 25.7 Å². The molecule has 0 bridgehead atoms. The molecule has 0 spiro atoms. The van der Waals surface area contributed by atoms with Crippen molar-refractivity contribution in [3.8, 4) is 0 Å². The first-order valence-electron chi connectivity index (χ1n) is 6.67. The molecule has 0 aliphatic carbocycles.